The van der Waals surface area contributed by atoms with E-state index in [0.29, 0.717) is 11.4 Å². The van der Waals surface area contributed by atoms with Gasteiger partial charge in [-0.3, -0.25) is 0 Å². The number of anilines is 2. The largest absolute Gasteiger partial charge is 0.478 e. The molecule has 0 aliphatic carbocycles. The summed E-state index contributed by atoms with van der Waals surface area (Å²) in [6.45, 7) is 0.818. The van der Waals surface area contributed by atoms with Gasteiger partial charge in [0.2, 0.25) is 0 Å². The van der Waals surface area contributed by atoms with Gasteiger partial charge >= 0.3 is 5.97 Å². The number of aliphatic hydroxyl groups excluding tert-OH is 1. The van der Waals surface area contributed by atoms with E-state index in [1.165, 1.54) is 6.07 Å². The van der Waals surface area contributed by atoms with Crippen LogP contribution in [0.2, 0.25) is 0 Å². The molecule has 17 heavy (non-hydrogen) atoms. The number of hydrogen-bond donors (Lipinski definition) is 3. The van der Waals surface area contributed by atoms with E-state index in [-0.39, 0.29) is 18.2 Å². The minimum atomic E-state index is -0.990. The number of carboxylic acids is 1. The van der Waals surface area contributed by atoms with E-state index < -0.39 is 5.97 Å². The van der Waals surface area contributed by atoms with Crippen molar-refractivity contribution in [3.05, 3.63) is 23.8 Å². The monoisotopic (exact) mass is 236 g/mol. The van der Waals surface area contributed by atoms with E-state index >= 15 is 0 Å². The third-order valence-electron chi connectivity index (χ3n) is 3.15. The lowest BCUT2D eigenvalue weighted by Gasteiger charge is -2.26. The second-order valence-corrected chi connectivity index (χ2v) is 4.25. The number of aromatic carboxylic acids is 1. The maximum Gasteiger partial charge on any atom is 0.337 e. The Kier molecular flexibility index (Phi) is 3.19. The van der Waals surface area contributed by atoms with Gasteiger partial charge in [0.25, 0.3) is 0 Å². The Hall–Kier alpha value is -1.75. The molecule has 0 spiro atoms. The fourth-order valence-electron chi connectivity index (χ4n) is 2.32. The number of benzene rings is 1. The molecule has 1 unspecified atom stereocenters. The lowest BCUT2D eigenvalue weighted by atomic mass is 10.1. The molecule has 1 fully saturated rings. The van der Waals surface area contributed by atoms with Crippen molar-refractivity contribution in [1.82, 2.24) is 0 Å². The van der Waals surface area contributed by atoms with Crippen molar-refractivity contribution in [3.8, 4) is 0 Å². The number of nitrogens with zero attached hydrogens (tertiary/aromatic N) is 1. The first-order valence-electron chi connectivity index (χ1n) is 5.64. The van der Waals surface area contributed by atoms with Gasteiger partial charge in [0.1, 0.15) is 0 Å². The number of nitrogen functional groups attached to an aromatic ring is 1. The lowest BCUT2D eigenvalue weighted by molar-refractivity contribution is 0.0697. The smallest absolute Gasteiger partial charge is 0.337 e. The van der Waals surface area contributed by atoms with Crippen LogP contribution in [0.3, 0.4) is 0 Å². The molecular formula is C12H16N2O3. The molecule has 0 saturated carbocycles. The van der Waals surface area contributed by atoms with Gasteiger partial charge in [0.05, 0.1) is 23.9 Å². The summed E-state index contributed by atoms with van der Waals surface area (Å²) >= 11 is 0. The second kappa shape index (κ2) is 4.63. The van der Waals surface area contributed by atoms with Gasteiger partial charge in [-0.15, -0.1) is 0 Å². The number of carboxylic acid groups (broad SMARTS) is 1. The van der Waals surface area contributed by atoms with Crippen LogP contribution in [0, 0.1) is 0 Å². The molecule has 1 atom stereocenters. The van der Waals surface area contributed by atoms with Gasteiger partial charge < -0.3 is 20.8 Å². The average molecular weight is 236 g/mol. The molecular weight excluding hydrogens is 220 g/mol. The molecule has 1 saturated heterocycles. The zero-order chi connectivity index (χ0) is 12.4. The van der Waals surface area contributed by atoms with Crippen LogP contribution in [-0.2, 0) is 0 Å². The topological polar surface area (TPSA) is 86.8 Å². The molecule has 0 radical (unpaired) electrons. The predicted molar refractivity (Wildman–Crippen MR) is 65.3 cm³/mol. The summed E-state index contributed by atoms with van der Waals surface area (Å²) in [6.07, 6.45) is 1.86. The average Bonchev–Trinajstić information content (AvgIpc) is 2.76. The Bertz CT molecular complexity index is 434. The number of rotatable bonds is 3. The Balaban J connectivity index is 2.40. The molecule has 1 aromatic rings. The van der Waals surface area contributed by atoms with Gasteiger partial charge in [-0.05, 0) is 31.0 Å². The highest BCUT2D eigenvalue weighted by Gasteiger charge is 2.27. The normalized spacial score (nSPS) is 19.6. The first kappa shape index (κ1) is 11.7. The molecule has 4 N–H and O–H groups in total. The Morgan fingerprint density at radius 1 is 1.53 bits per heavy atom. The summed E-state index contributed by atoms with van der Waals surface area (Å²) in [5, 5.41) is 18.4. The summed E-state index contributed by atoms with van der Waals surface area (Å²) in [5.41, 5.74) is 6.88. The van der Waals surface area contributed by atoms with E-state index in [1.54, 1.807) is 12.1 Å². The van der Waals surface area contributed by atoms with Crippen molar-refractivity contribution in [3.63, 3.8) is 0 Å². The molecule has 1 aromatic carbocycles. The first-order chi connectivity index (χ1) is 8.13. The number of hydrogen-bond acceptors (Lipinski definition) is 4. The highest BCUT2D eigenvalue weighted by molar-refractivity contribution is 5.95. The molecule has 1 heterocycles. The standard InChI is InChI=1S/C12H16N2O3/c13-8-3-4-11(10(6-8)12(16)17)14-5-1-2-9(14)7-15/h3-4,6,9,15H,1-2,5,7,13H2,(H,16,17). The molecule has 92 valence electrons. The van der Waals surface area contributed by atoms with Crippen LogP contribution in [0.25, 0.3) is 0 Å². The summed E-state index contributed by atoms with van der Waals surface area (Å²) in [4.78, 5) is 13.1. The van der Waals surface area contributed by atoms with Crippen LogP contribution in [0.4, 0.5) is 11.4 Å². The fourth-order valence-corrected chi connectivity index (χ4v) is 2.32. The SMILES string of the molecule is Nc1ccc(N2CCCC2CO)c(C(=O)O)c1. The van der Waals surface area contributed by atoms with E-state index in [2.05, 4.69) is 0 Å². The minimum absolute atomic E-state index is 0.0109. The van der Waals surface area contributed by atoms with Gasteiger partial charge in [0.15, 0.2) is 0 Å². The highest BCUT2D eigenvalue weighted by atomic mass is 16.4. The summed E-state index contributed by atoms with van der Waals surface area (Å²) in [7, 11) is 0. The Morgan fingerprint density at radius 2 is 2.29 bits per heavy atom. The first-order valence-corrected chi connectivity index (χ1v) is 5.64. The zero-order valence-electron chi connectivity index (χ0n) is 9.47. The van der Waals surface area contributed by atoms with E-state index in [0.717, 1.165) is 19.4 Å². The summed E-state index contributed by atoms with van der Waals surface area (Å²) in [5.74, 6) is -0.990. The molecule has 2 rings (SSSR count). The number of aliphatic hydroxyl groups is 1. The van der Waals surface area contributed by atoms with Crippen molar-refractivity contribution in [2.75, 3.05) is 23.8 Å². The van der Waals surface area contributed by atoms with Crippen LogP contribution in [0.15, 0.2) is 18.2 Å². The third-order valence-corrected chi connectivity index (χ3v) is 3.15. The summed E-state index contributed by atoms with van der Waals surface area (Å²) in [6, 6.07) is 4.88. The van der Waals surface area contributed by atoms with Crippen molar-refractivity contribution in [2.45, 2.75) is 18.9 Å². The van der Waals surface area contributed by atoms with Crippen LogP contribution >= 0.6 is 0 Å². The summed E-state index contributed by atoms with van der Waals surface area (Å²) < 4.78 is 0. The second-order valence-electron chi connectivity index (χ2n) is 4.25. The fraction of sp³-hybridized carbons (Fsp3) is 0.417. The third kappa shape index (κ3) is 2.19. The van der Waals surface area contributed by atoms with Crippen LogP contribution in [-0.4, -0.2) is 35.4 Å². The molecule has 1 aliphatic heterocycles. The van der Waals surface area contributed by atoms with Crippen molar-refractivity contribution in [2.24, 2.45) is 0 Å². The Labute approximate surface area is 99.5 Å². The van der Waals surface area contributed by atoms with Gasteiger partial charge in [-0.2, -0.15) is 0 Å². The maximum atomic E-state index is 11.2. The van der Waals surface area contributed by atoms with Gasteiger partial charge in [0, 0.05) is 12.2 Å². The molecule has 5 heteroatoms. The quantitative estimate of drug-likeness (QED) is 0.679. The van der Waals surface area contributed by atoms with Crippen LogP contribution in [0.1, 0.15) is 23.2 Å². The van der Waals surface area contributed by atoms with Crippen molar-refractivity contribution in [1.29, 1.82) is 0 Å². The minimum Gasteiger partial charge on any atom is -0.478 e. The molecule has 0 amide bonds. The number of nitrogens with two attached hydrogens (primary N) is 1. The van der Waals surface area contributed by atoms with Crippen LogP contribution < -0.4 is 10.6 Å². The lowest BCUT2D eigenvalue weighted by Crippen LogP contribution is -2.33. The molecule has 0 bridgehead atoms. The van der Waals surface area contributed by atoms with E-state index in [1.807, 2.05) is 4.90 Å². The van der Waals surface area contributed by atoms with Gasteiger partial charge in [-0.25, -0.2) is 4.79 Å². The van der Waals surface area contributed by atoms with Crippen LogP contribution in [0.5, 0.6) is 0 Å². The van der Waals surface area contributed by atoms with E-state index in [9.17, 15) is 9.90 Å². The van der Waals surface area contributed by atoms with Crippen molar-refractivity contribution < 1.29 is 15.0 Å². The molecule has 0 aromatic heterocycles. The van der Waals surface area contributed by atoms with Gasteiger partial charge in [-0.1, -0.05) is 0 Å². The zero-order valence-corrected chi connectivity index (χ0v) is 9.47. The van der Waals surface area contributed by atoms with Crippen molar-refractivity contribution >= 4 is 17.3 Å². The molecule has 1 aliphatic rings. The Morgan fingerprint density at radius 3 is 2.94 bits per heavy atom. The predicted octanol–water partition coefficient (Wildman–Crippen LogP) is 0.928. The molecule has 5 nitrogen and oxygen atoms in total. The maximum absolute atomic E-state index is 11.2. The number of carbonyl (C=O) groups is 1. The highest BCUT2D eigenvalue weighted by Crippen LogP contribution is 2.29. The van der Waals surface area contributed by atoms with E-state index in [4.69, 9.17) is 10.8 Å².